The molecule has 0 radical (unpaired) electrons. The summed E-state index contributed by atoms with van der Waals surface area (Å²) in [5.41, 5.74) is 2.79. The Bertz CT molecular complexity index is 648. The van der Waals surface area contributed by atoms with Crippen LogP contribution >= 0.6 is 0 Å². The Labute approximate surface area is 134 Å². The van der Waals surface area contributed by atoms with Crippen LogP contribution < -0.4 is 0 Å². The highest BCUT2D eigenvalue weighted by Crippen LogP contribution is 2.21. The Balaban J connectivity index is 1.72. The van der Waals surface area contributed by atoms with Crippen molar-refractivity contribution >= 4 is 5.97 Å². The van der Waals surface area contributed by atoms with E-state index in [9.17, 15) is 4.79 Å². The smallest absolute Gasteiger partial charge is 0.361 e. The third-order valence-electron chi connectivity index (χ3n) is 3.75. The molecule has 0 spiro atoms. The van der Waals surface area contributed by atoms with Gasteiger partial charge < -0.3 is 9.47 Å². The van der Waals surface area contributed by atoms with Crippen LogP contribution in [0.15, 0.2) is 24.3 Å². The number of aromatic amines is 1. The summed E-state index contributed by atoms with van der Waals surface area (Å²) in [5.74, 6) is -0.464. The van der Waals surface area contributed by atoms with E-state index < -0.39 is 5.97 Å². The van der Waals surface area contributed by atoms with E-state index in [2.05, 4.69) is 32.4 Å². The molecule has 7 heteroatoms. The van der Waals surface area contributed by atoms with Gasteiger partial charge in [0.2, 0.25) is 0 Å². The third-order valence-corrected chi connectivity index (χ3v) is 3.75. The van der Waals surface area contributed by atoms with Crippen LogP contribution in [-0.2, 0) is 16.0 Å². The van der Waals surface area contributed by atoms with Crippen LogP contribution in [0.25, 0.3) is 11.3 Å². The summed E-state index contributed by atoms with van der Waals surface area (Å²) in [6.45, 7) is 6.46. The van der Waals surface area contributed by atoms with Gasteiger partial charge in [0.15, 0.2) is 5.69 Å². The molecule has 7 nitrogen and oxygen atoms in total. The maximum absolute atomic E-state index is 11.9. The number of hydrogen-bond donors (Lipinski definition) is 1. The SMILES string of the molecule is CCOC(=O)c1n[nH]nc1-c1ccc(CN2CCOCC2)cc1. The molecule has 1 aromatic heterocycles. The molecule has 1 fully saturated rings. The first-order chi connectivity index (χ1) is 11.3. The molecular weight excluding hydrogens is 296 g/mol. The first kappa shape index (κ1) is 15.6. The largest absolute Gasteiger partial charge is 0.461 e. The molecule has 0 aliphatic carbocycles. The van der Waals surface area contributed by atoms with E-state index in [1.165, 1.54) is 5.56 Å². The van der Waals surface area contributed by atoms with Crippen molar-refractivity contribution in [3.05, 3.63) is 35.5 Å². The number of rotatable bonds is 5. The topological polar surface area (TPSA) is 80.3 Å². The van der Waals surface area contributed by atoms with E-state index >= 15 is 0 Å². The van der Waals surface area contributed by atoms with Crippen molar-refractivity contribution in [3.63, 3.8) is 0 Å². The van der Waals surface area contributed by atoms with Gasteiger partial charge in [-0.1, -0.05) is 24.3 Å². The number of benzene rings is 1. The molecule has 1 saturated heterocycles. The van der Waals surface area contributed by atoms with Gasteiger partial charge in [-0.05, 0) is 12.5 Å². The molecule has 0 atom stereocenters. The quantitative estimate of drug-likeness (QED) is 0.842. The van der Waals surface area contributed by atoms with E-state index in [1.807, 2.05) is 12.1 Å². The van der Waals surface area contributed by atoms with Crippen molar-refractivity contribution in [2.24, 2.45) is 0 Å². The molecule has 1 aromatic carbocycles. The van der Waals surface area contributed by atoms with Crippen LogP contribution in [0.2, 0.25) is 0 Å². The van der Waals surface area contributed by atoms with Crippen LogP contribution in [0.5, 0.6) is 0 Å². The molecule has 0 bridgehead atoms. The fourth-order valence-corrected chi connectivity index (χ4v) is 2.56. The second-order valence-electron chi connectivity index (χ2n) is 5.33. The number of ether oxygens (including phenoxy) is 2. The summed E-state index contributed by atoms with van der Waals surface area (Å²) in [5, 5.41) is 10.5. The lowest BCUT2D eigenvalue weighted by Gasteiger charge is -2.26. The number of esters is 1. The molecule has 1 aliphatic heterocycles. The van der Waals surface area contributed by atoms with Gasteiger partial charge in [0.1, 0.15) is 5.69 Å². The van der Waals surface area contributed by atoms with E-state index in [0.717, 1.165) is 38.4 Å². The molecule has 2 heterocycles. The van der Waals surface area contributed by atoms with E-state index in [0.29, 0.717) is 12.3 Å². The van der Waals surface area contributed by atoms with Crippen molar-refractivity contribution < 1.29 is 14.3 Å². The normalized spacial score (nSPS) is 15.5. The lowest BCUT2D eigenvalue weighted by Crippen LogP contribution is -2.35. The van der Waals surface area contributed by atoms with Gasteiger partial charge in [0.25, 0.3) is 0 Å². The van der Waals surface area contributed by atoms with Crippen LogP contribution in [-0.4, -0.2) is 59.2 Å². The third kappa shape index (κ3) is 3.75. The minimum absolute atomic E-state index is 0.216. The van der Waals surface area contributed by atoms with Gasteiger partial charge in [0, 0.05) is 25.2 Å². The van der Waals surface area contributed by atoms with Crippen LogP contribution in [0, 0.1) is 0 Å². The van der Waals surface area contributed by atoms with Crippen LogP contribution in [0.3, 0.4) is 0 Å². The Morgan fingerprint density at radius 1 is 1.26 bits per heavy atom. The number of hydrogen-bond acceptors (Lipinski definition) is 6. The molecule has 0 unspecified atom stereocenters. The number of nitrogens with zero attached hydrogens (tertiary/aromatic N) is 3. The molecule has 3 rings (SSSR count). The molecular formula is C16H20N4O3. The Morgan fingerprint density at radius 2 is 2.00 bits per heavy atom. The molecule has 1 N–H and O–H groups in total. The van der Waals surface area contributed by atoms with E-state index in [-0.39, 0.29) is 5.69 Å². The first-order valence-corrected chi connectivity index (χ1v) is 7.75. The standard InChI is InChI=1S/C16H20N4O3/c1-2-23-16(21)15-14(17-19-18-15)13-5-3-12(4-6-13)11-20-7-9-22-10-8-20/h3-6H,2,7-11H2,1H3,(H,17,18,19). The monoisotopic (exact) mass is 316 g/mol. The Morgan fingerprint density at radius 3 is 2.70 bits per heavy atom. The summed E-state index contributed by atoms with van der Waals surface area (Å²) in [6, 6.07) is 8.01. The average Bonchev–Trinajstić information content (AvgIpc) is 3.06. The highest BCUT2D eigenvalue weighted by Gasteiger charge is 2.19. The fraction of sp³-hybridized carbons (Fsp3) is 0.438. The zero-order valence-corrected chi connectivity index (χ0v) is 13.1. The van der Waals surface area contributed by atoms with Crippen molar-refractivity contribution in [3.8, 4) is 11.3 Å². The number of H-pyrrole nitrogens is 1. The van der Waals surface area contributed by atoms with E-state index in [4.69, 9.17) is 9.47 Å². The summed E-state index contributed by atoms with van der Waals surface area (Å²) in [6.07, 6.45) is 0. The summed E-state index contributed by atoms with van der Waals surface area (Å²) in [4.78, 5) is 14.2. The number of morpholine rings is 1. The van der Waals surface area contributed by atoms with Crippen LogP contribution in [0.1, 0.15) is 23.0 Å². The van der Waals surface area contributed by atoms with Gasteiger partial charge in [-0.2, -0.15) is 10.3 Å². The van der Waals surface area contributed by atoms with Gasteiger partial charge >= 0.3 is 5.97 Å². The number of carbonyl (C=O) groups excluding carboxylic acids is 1. The lowest BCUT2D eigenvalue weighted by molar-refractivity contribution is 0.0342. The molecule has 2 aromatic rings. The maximum atomic E-state index is 11.9. The van der Waals surface area contributed by atoms with Crippen molar-refractivity contribution in [1.29, 1.82) is 0 Å². The molecule has 1 aliphatic rings. The zero-order valence-electron chi connectivity index (χ0n) is 13.1. The molecule has 23 heavy (non-hydrogen) atoms. The predicted octanol–water partition coefficient (Wildman–Crippen LogP) is 1.48. The predicted molar refractivity (Wildman–Crippen MR) is 83.9 cm³/mol. The number of aromatic nitrogens is 3. The van der Waals surface area contributed by atoms with Crippen molar-refractivity contribution in [2.75, 3.05) is 32.9 Å². The van der Waals surface area contributed by atoms with Gasteiger partial charge in [0.05, 0.1) is 19.8 Å². The Hall–Kier alpha value is -2.25. The lowest BCUT2D eigenvalue weighted by atomic mass is 10.1. The van der Waals surface area contributed by atoms with E-state index in [1.54, 1.807) is 6.92 Å². The number of nitrogens with one attached hydrogen (secondary N) is 1. The van der Waals surface area contributed by atoms with Crippen molar-refractivity contribution in [2.45, 2.75) is 13.5 Å². The van der Waals surface area contributed by atoms with Gasteiger partial charge in [-0.15, -0.1) is 5.10 Å². The first-order valence-electron chi connectivity index (χ1n) is 7.75. The summed E-state index contributed by atoms with van der Waals surface area (Å²) in [7, 11) is 0. The fourth-order valence-electron chi connectivity index (χ4n) is 2.56. The molecule has 122 valence electrons. The van der Waals surface area contributed by atoms with Crippen molar-refractivity contribution in [1.82, 2.24) is 20.3 Å². The highest BCUT2D eigenvalue weighted by molar-refractivity contribution is 5.93. The second-order valence-corrected chi connectivity index (χ2v) is 5.33. The van der Waals surface area contributed by atoms with Crippen LogP contribution in [0.4, 0.5) is 0 Å². The van der Waals surface area contributed by atoms with Gasteiger partial charge in [-0.25, -0.2) is 4.79 Å². The minimum Gasteiger partial charge on any atom is -0.461 e. The summed E-state index contributed by atoms with van der Waals surface area (Å²) >= 11 is 0. The minimum atomic E-state index is -0.464. The Kier molecular flexibility index (Phi) is 4.99. The van der Waals surface area contributed by atoms with Gasteiger partial charge in [-0.3, -0.25) is 4.90 Å². The summed E-state index contributed by atoms with van der Waals surface area (Å²) < 4.78 is 10.3. The maximum Gasteiger partial charge on any atom is 0.361 e. The molecule has 0 saturated carbocycles. The molecule has 0 amide bonds. The number of carbonyl (C=O) groups is 1. The average molecular weight is 316 g/mol. The zero-order chi connectivity index (χ0) is 16.1. The second kappa shape index (κ2) is 7.34. The highest BCUT2D eigenvalue weighted by atomic mass is 16.5.